The Hall–Kier alpha value is -1.87. The Labute approximate surface area is 173 Å². The maximum absolute atomic E-state index is 12.6. The zero-order valence-electron chi connectivity index (χ0n) is 15.2. The van der Waals surface area contributed by atoms with Crippen molar-refractivity contribution in [1.82, 2.24) is 9.21 Å². The molecule has 1 saturated heterocycles. The molecular formula is C20H20N2O3S3. The number of hydrogen-bond donors (Lipinski definition) is 0. The van der Waals surface area contributed by atoms with Crippen molar-refractivity contribution in [3.05, 3.63) is 60.0 Å². The van der Waals surface area contributed by atoms with Crippen LogP contribution in [0.1, 0.15) is 0 Å². The Balaban J connectivity index is 1.32. The molecule has 4 rings (SSSR count). The van der Waals surface area contributed by atoms with Crippen molar-refractivity contribution in [2.75, 3.05) is 31.9 Å². The van der Waals surface area contributed by atoms with Gasteiger partial charge in [0, 0.05) is 31.1 Å². The summed E-state index contributed by atoms with van der Waals surface area (Å²) in [5.41, 5.74) is 0. The number of nitrogens with zero attached hydrogens (tertiary/aromatic N) is 2. The fourth-order valence-corrected chi connectivity index (χ4v) is 6.62. The third kappa shape index (κ3) is 4.10. The Morgan fingerprint density at radius 3 is 2.43 bits per heavy atom. The van der Waals surface area contributed by atoms with Crippen LogP contribution in [0.3, 0.4) is 0 Å². The number of thioether (sulfide) groups is 1. The van der Waals surface area contributed by atoms with Crippen molar-refractivity contribution >= 4 is 49.8 Å². The number of piperazine rings is 1. The highest BCUT2D eigenvalue weighted by Gasteiger charge is 2.30. The Kier molecular flexibility index (Phi) is 5.73. The average molecular weight is 433 g/mol. The van der Waals surface area contributed by atoms with Gasteiger partial charge in [0.25, 0.3) is 10.0 Å². The number of carbonyl (C=O) groups excluding carboxylic acids is 1. The van der Waals surface area contributed by atoms with Crippen LogP contribution in [0.4, 0.5) is 0 Å². The standard InChI is InChI=1S/C20H20N2O3S3/c23-19(15-27-18-8-7-16-4-1-2-5-17(16)14-18)21-9-11-22(12-10-21)28(24,25)20-6-3-13-26-20/h1-8,13-14H,9-12,15H2. The Morgan fingerprint density at radius 2 is 1.71 bits per heavy atom. The Bertz CT molecular complexity index is 1070. The summed E-state index contributed by atoms with van der Waals surface area (Å²) in [6.45, 7) is 1.54. The zero-order valence-corrected chi connectivity index (χ0v) is 17.6. The highest BCUT2D eigenvalue weighted by molar-refractivity contribution is 8.00. The van der Waals surface area contributed by atoms with Gasteiger partial charge in [0.2, 0.25) is 5.91 Å². The minimum absolute atomic E-state index is 0.0475. The van der Waals surface area contributed by atoms with Crippen LogP contribution in [0.2, 0.25) is 0 Å². The molecule has 3 aromatic rings. The lowest BCUT2D eigenvalue weighted by atomic mass is 10.1. The van der Waals surface area contributed by atoms with E-state index in [9.17, 15) is 13.2 Å². The van der Waals surface area contributed by atoms with E-state index >= 15 is 0 Å². The van der Waals surface area contributed by atoms with Crippen LogP contribution in [0.15, 0.2) is 69.1 Å². The number of thiophene rings is 1. The van der Waals surface area contributed by atoms with E-state index < -0.39 is 10.0 Å². The Morgan fingerprint density at radius 1 is 0.964 bits per heavy atom. The molecule has 0 aliphatic carbocycles. The number of rotatable bonds is 5. The second kappa shape index (κ2) is 8.24. The van der Waals surface area contributed by atoms with E-state index in [2.05, 4.69) is 24.3 Å². The first kappa shape index (κ1) is 19.4. The normalized spacial score (nSPS) is 15.8. The molecule has 1 aliphatic rings. The molecule has 146 valence electrons. The number of benzene rings is 2. The lowest BCUT2D eigenvalue weighted by Crippen LogP contribution is -2.50. The predicted octanol–water partition coefficient (Wildman–Crippen LogP) is 3.53. The van der Waals surface area contributed by atoms with E-state index in [1.807, 2.05) is 18.2 Å². The van der Waals surface area contributed by atoms with Crippen molar-refractivity contribution < 1.29 is 13.2 Å². The molecule has 8 heteroatoms. The van der Waals surface area contributed by atoms with E-state index in [1.54, 1.807) is 22.4 Å². The first-order valence-corrected chi connectivity index (χ1v) is 12.3. The molecule has 0 bridgehead atoms. The van der Waals surface area contributed by atoms with Gasteiger partial charge < -0.3 is 4.90 Å². The summed E-state index contributed by atoms with van der Waals surface area (Å²) in [5.74, 6) is 0.405. The van der Waals surface area contributed by atoms with Crippen LogP contribution in [-0.4, -0.2) is 55.5 Å². The van der Waals surface area contributed by atoms with Gasteiger partial charge in [0.15, 0.2) is 0 Å². The molecule has 5 nitrogen and oxygen atoms in total. The summed E-state index contributed by atoms with van der Waals surface area (Å²) in [6, 6.07) is 17.7. The van der Waals surface area contributed by atoms with Crippen molar-refractivity contribution in [3.63, 3.8) is 0 Å². The van der Waals surface area contributed by atoms with Crippen molar-refractivity contribution in [2.45, 2.75) is 9.10 Å². The topological polar surface area (TPSA) is 57.7 Å². The molecule has 1 aromatic heterocycles. The van der Waals surface area contributed by atoms with Crippen LogP contribution in [0, 0.1) is 0 Å². The molecule has 0 unspecified atom stereocenters. The zero-order chi connectivity index (χ0) is 19.6. The highest BCUT2D eigenvalue weighted by Crippen LogP contribution is 2.25. The molecule has 0 atom stereocenters. The maximum Gasteiger partial charge on any atom is 0.252 e. The molecule has 1 aliphatic heterocycles. The highest BCUT2D eigenvalue weighted by atomic mass is 32.2. The summed E-state index contributed by atoms with van der Waals surface area (Å²) in [7, 11) is -3.44. The van der Waals surface area contributed by atoms with Gasteiger partial charge in [-0.1, -0.05) is 36.4 Å². The molecule has 28 heavy (non-hydrogen) atoms. The van der Waals surface area contributed by atoms with E-state index in [0.29, 0.717) is 36.1 Å². The van der Waals surface area contributed by atoms with Crippen molar-refractivity contribution in [1.29, 1.82) is 0 Å². The fraction of sp³-hybridized carbons (Fsp3) is 0.250. The number of hydrogen-bond acceptors (Lipinski definition) is 5. The van der Waals surface area contributed by atoms with Gasteiger partial charge in [-0.25, -0.2) is 8.42 Å². The first-order valence-electron chi connectivity index (χ1n) is 8.97. The second-order valence-electron chi connectivity index (χ2n) is 6.51. The van der Waals surface area contributed by atoms with E-state index in [-0.39, 0.29) is 5.91 Å². The summed E-state index contributed by atoms with van der Waals surface area (Å²) < 4.78 is 27.0. The molecule has 0 spiro atoms. The van der Waals surface area contributed by atoms with Gasteiger partial charge in [-0.05, 0) is 34.4 Å². The van der Waals surface area contributed by atoms with E-state index in [4.69, 9.17) is 0 Å². The van der Waals surface area contributed by atoms with Gasteiger partial charge in [-0.15, -0.1) is 23.1 Å². The number of fused-ring (bicyclic) bond motifs is 1. The minimum atomic E-state index is -3.44. The van der Waals surface area contributed by atoms with E-state index in [1.165, 1.54) is 32.8 Å². The molecule has 1 amide bonds. The van der Waals surface area contributed by atoms with Crippen LogP contribution in [0.25, 0.3) is 10.8 Å². The number of sulfonamides is 1. The van der Waals surface area contributed by atoms with Gasteiger partial charge in [0.05, 0.1) is 5.75 Å². The molecule has 1 fully saturated rings. The first-order chi connectivity index (χ1) is 13.5. The SMILES string of the molecule is O=C(CSc1ccc2ccccc2c1)N1CCN(S(=O)(=O)c2cccs2)CC1. The number of carbonyl (C=O) groups is 1. The summed E-state index contributed by atoms with van der Waals surface area (Å²) in [6.07, 6.45) is 0. The molecule has 0 saturated carbocycles. The third-order valence-corrected chi connectivity index (χ3v) is 9.01. The molecule has 2 aromatic carbocycles. The minimum Gasteiger partial charge on any atom is -0.339 e. The summed E-state index contributed by atoms with van der Waals surface area (Å²) >= 11 is 2.74. The van der Waals surface area contributed by atoms with Crippen LogP contribution < -0.4 is 0 Å². The monoisotopic (exact) mass is 432 g/mol. The lowest BCUT2D eigenvalue weighted by molar-refractivity contribution is -0.129. The lowest BCUT2D eigenvalue weighted by Gasteiger charge is -2.33. The molecular weight excluding hydrogens is 412 g/mol. The van der Waals surface area contributed by atoms with Gasteiger partial charge >= 0.3 is 0 Å². The fourth-order valence-electron chi connectivity index (χ4n) is 3.21. The van der Waals surface area contributed by atoms with Gasteiger partial charge in [-0.2, -0.15) is 4.31 Å². The van der Waals surface area contributed by atoms with Crippen molar-refractivity contribution in [3.8, 4) is 0 Å². The van der Waals surface area contributed by atoms with Crippen molar-refractivity contribution in [2.24, 2.45) is 0 Å². The number of amides is 1. The third-order valence-electron chi connectivity index (χ3n) is 4.76. The van der Waals surface area contributed by atoms with Gasteiger partial charge in [-0.3, -0.25) is 4.79 Å². The van der Waals surface area contributed by atoms with Gasteiger partial charge in [0.1, 0.15) is 4.21 Å². The second-order valence-corrected chi connectivity index (χ2v) is 10.7. The quantitative estimate of drug-likeness (QED) is 0.579. The smallest absolute Gasteiger partial charge is 0.252 e. The van der Waals surface area contributed by atoms with E-state index in [0.717, 1.165) is 10.3 Å². The molecule has 0 radical (unpaired) electrons. The largest absolute Gasteiger partial charge is 0.339 e. The average Bonchev–Trinajstić information content (AvgIpc) is 3.28. The maximum atomic E-state index is 12.6. The molecule has 2 heterocycles. The van der Waals surface area contributed by atoms with Crippen LogP contribution in [0.5, 0.6) is 0 Å². The summed E-state index contributed by atoms with van der Waals surface area (Å²) in [5, 5.41) is 4.10. The van der Waals surface area contributed by atoms with Crippen LogP contribution in [-0.2, 0) is 14.8 Å². The predicted molar refractivity (Wildman–Crippen MR) is 114 cm³/mol. The van der Waals surface area contributed by atoms with Crippen LogP contribution >= 0.6 is 23.1 Å². The molecule has 0 N–H and O–H groups in total. The summed E-state index contributed by atoms with van der Waals surface area (Å²) in [4.78, 5) is 15.4.